The first kappa shape index (κ1) is 22.9. The maximum Gasteiger partial charge on any atom is 0.309 e. The first-order chi connectivity index (χ1) is 15.2. The number of aromatic nitrogens is 2. The Kier molecular flexibility index (Phi) is 6.88. The molecular formula is C25H27N3O4. The van der Waals surface area contributed by atoms with E-state index in [1.165, 1.54) is 13.0 Å². The van der Waals surface area contributed by atoms with Gasteiger partial charge in [0.25, 0.3) is 5.91 Å². The molecule has 166 valence electrons. The molecule has 0 aliphatic heterocycles. The number of aromatic amines is 1. The fourth-order valence-electron chi connectivity index (χ4n) is 3.51. The number of benzene rings is 2. The number of carboxylic acids is 1. The van der Waals surface area contributed by atoms with Crippen molar-refractivity contribution in [3.8, 4) is 11.1 Å². The Morgan fingerprint density at radius 2 is 1.66 bits per heavy atom. The summed E-state index contributed by atoms with van der Waals surface area (Å²) in [4.78, 5) is 35.9. The van der Waals surface area contributed by atoms with Gasteiger partial charge in [-0.1, -0.05) is 54.6 Å². The van der Waals surface area contributed by atoms with Crippen LogP contribution < -0.4 is 5.32 Å². The van der Waals surface area contributed by atoms with Gasteiger partial charge in [0.1, 0.15) is 11.4 Å². The van der Waals surface area contributed by atoms with Crippen molar-refractivity contribution in [2.75, 3.05) is 0 Å². The Labute approximate surface area is 186 Å². The third kappa shape index (κ3) is 5.69. The summed E-state index contributed by atoms with van der Waals surface area (Å²) in [5.41, 5.74) is 2.47. The minimum absolute atomic E-state index is 0.160. The molecule has 0 saturated carbocycles. The molecule has 1 aromatic heterocycles. The number of nitrogens with zero attached hydrogens (tertiary/aromatic N) is 1. The summed E-state index contributed by atoms with van der Waals surface area (Å²) in [7, 11) is 0. The van der Waals surface area contributed by atoms with Crippen LogP contribution in [-0.2, 0) is 11.2 Å². The molecule has 7 heteroatoms. The smallest absolute Gasteiger partial charge is 0.309 e. The first-order valence-electron chi connectivity index (χ1n) is 10.4. The number of aliphatic carboxylic acids is 1. The van der Waals surface area contributed by atoms with Crippen molar-refractivity contribution in [3.05, 3.63) is 77.6 Å². The zero-order valence-corrected chi connectivity index (χ0v) is 18.4. The monoisotopic (exact) mass is 433 g/mol. The molecule has 1 heterocycles. The van der Waals surface area contributed by atoms with Gasteiger partial charge in [0.05, 0.1) is 5.41 Å². The van der Waals surface area contributed by atoms with Crippen LogP contribution in [0.2, 0.25) is 0 Å². The lowest BCUT2D eigenvalue weighted by Crippen LogP contribution is -2.41. The predicted octanol–water partition coefficient (Wildman–Crippen LogP) is 4.12. The number of ketones is 1. The molecule has 0 unspecified atom stereocenters. The summed E-state index contributed by atoms with van der Waals surface area (Å²) in [6.45, 7) is 4.64. The number of carbonyl (C=O) groups excluding carboxylic acids is 2. The summed E-state index contributed by atoms with van der Waals surface area (Å²) in [5.74, 6) is -1.61. The largest absolute Gasteiger partial charge is 0.481 e. The third-order valence-corrected chi connectivity index (χ3v) is 5.40. The number of amides is 1. The minimum atomic E-state index is -1.03. The lowest BCUT2D eigenvalue weighted by molar-refractivity contribution is -0.147. The van der Waals surface area contributed by atoms with E-state index in [9.17, 15) is 19.5 Å². The number of carbonyl (C=O) groups is 3. The molecule has 32 heavy (non-hydrogen) atoms. The molecule has 1 amide bonds. The molecule has 3 aromatic rings. The Bertz CT molecular complexity index is 1100. The molecule has 0 aliphatic carbocycles. The van der Waals surface area contributed by atoms with Crippen molar-refractivity contribution >= 4 is 17.7 Å². The SMILES string of the molecule is CC(=O)c1cc(C(=O)N[C@H](Cc2ccc(-c3ccccc3)cc2)CC(C)(C)C(=O)O)[nH]n1. The van der Waals surface area contributed by atoms with Crippen LogP contribution in [0.25, 0.3) is 11.1 Å². The molecule has 0 fully saturated rings. The van der Waals surface area contributed by atoms with Crippen LogP contribution in [-0.4, -0.2) is 39.0 Å². The van der Waals surface area contributed by atoms with E-state index in [1.54, 1.807) is 13.8 Å². The number of rotatable bonds is 9. The molecular weight excluding hydrogens is 406 g/mol. The van der Waals surface area contributed by atoms with Crippen molar-refractivity contribution in [1.82, 2.24) is 15.5 Å². The average Bonchev–Trinajstić information content (AvgIpc) is 3.25. The molecule has 3 rings (SSSR count). The van der Waals surface area contributed by atoms with E-state index in [0.29, 0.717) is 6.42 Å². The number of hydrogen-bond donors (Lipinski definition) is 3. The Morgan fingerprint density at radius 1 is 1.03 bits per heavy atom. The summed E-state index contributed by atoms with van der Waals surface area (Å²) in [5, 5.41) is 18.9. The normalized spacial score (nSPS) is 12.2. The van der Waals surface area contributed by atoms with E-state index in [4.69, 9.17) is 0 Å². The van der Waals surface area contributed by atoms with Gasteiger partial charge in [0, 0.05) is 13.0 Å². The van der Waals surface area contributed by atoms with Gasteiger partial charge in [0.2, 0.25) is 0 Å². The van der Waals surface area contributed by atoms with Gasteiger partial charge in [-0.2, -0.15) is 5.10 Å². The predicted molar refractivity (Wildman–Crippen MR) is 121 cm³/mol. The second-order valence-electron chi connectivity index (χ2n) is 8.55. The van der Waals surface area contributed by atoms with Crippen LogP contribution in [0.1, 0.15) is 53.7 Å². The van der Waals surface area contributed by atoms with E-state index in [1.807, 2.05) is 54.6 Å². The van der Waals surface area contributed by atoms with Crippen LogP contribution in [0.3, 0.4) is 0 Å². The number of nitrogens with one attached hydrogen (secondary N) is 2. The number of carboxylic acid groups (broad SMARTS) is 1. The fourth-order valence-corrected chi connectivity index (χ4v) is 3.51. The maximum atomic E-state index is 12.7. The summed E-state index contributed by atoms with van der Waals surface area (Å²) >= 11 is 0. The highest BCUT2D eigenvalue weighted by Crippen LogP contribution is 2.25. The zero-order valence-electron chi connectivity index (χ0n) is 18.4. The second kappa shape index (κ2) is 9.60. The molecule has 7 nitrogen and oxygen atoms in total. The van der Waals surface area contributed by atoms with E-state index in [2.05, 4.69) is 15.5 Å². The third-order valence-electron chi connectivity index (χ3n) is 5.40. The van der Waals surface area contributed by atoms with Crippen LogP contribution in [0, 0.1) is 5.41 Å². The molecule has 2 aromatic carbocycles. The second-order valence-corrected chi connectivity index (χ2v) is 8.55. The molecule has 0 radical (unpaired) electrons. The zero-order chi connectivity index (χ0) is 23.3. The van der Waals surface area contributed by atoms with Gasteiger partial charge >= 0.3 is 5.97 Å². The number of Topliss-reactive ketones (excluding diaryl/α,β-unsaturated/α-hetero) is 1. The van der Waals surface area contributed by atoms with Gasteiger partial charge in [-0.25, -0.2) is 0 Å². The molecule has 1 atom stereocenters. The quantitative estimate of drug-likeness (QED) is 0.440. The van der Waals surface area contributed by atoms with Crippen molar-refractivity contribution in [1.29, 1.82) is 0 Å². The lowest BCUT2D eigenvalue weighted by atomic mass is 9.83. The van der Waals surface area contributed by atoms with Crippen molar-refractivity contribution in [3.63, 3.8) is 0 Å². The van der Waals surface area contributed by atoms with Crippen LogP contribution >= 0.6 is 0 Å². The highest BCUT2D eigenvalue weighted by Gasteiger charge is 2.32. The van der Waals surface area contributed by atoms with E-state index in [-0.39, 0.29) is 23.6 Å². The first-order valence-corrected chi connectivity index (χ1v) is 10.4. The molecule has 0 bridgehead atoms. The van der Waals surface area contributed by atoms with Gasteiger partial charge in [-0.05, 0) is 49.4 Å². The number of H-pyrrole nitrogens is 1. The maximum absolute atomic E-state index is 12.7. The molecule has 0 spiro atoms. The van der Waals surface area contributed by atoms with E-state index >= 15 is 0 Å². The topological polar surface area (TPSA) is 112 Å². The van der Waals surface area contributed by atoms with Gasteiger partial charge in [-0.15, -0.1) is 0 Å². The van der Waals surface area contributed by atoms with Crippen LogP contribution in [0.4, 0.5) is 0 Å². The summed E-state index contributed by atoms with van der Waals surface area (Å²) in [6, 6.07) is 19.0. The van der Waals surface area contributed by atoms with E-state index in [0.717, 1.165) is 16.7 Å². The summed E-state index contributed by atoms with van der Waals surface area (Å²) < 4.78 is 0. The molecule has 3 N–H and O–H groups in total. The Hall–Kier alpha value is -3.74. The summed E-state index contributed by atoms with van der Waals surface area (Å²) in [6.07, 6.45) is 0.702. The lowest BCUT2D eigenvalue weighted by Gasteiger charge is -2.27. The van der Waals surface area contributed by atoms with Gasteiger partial charge in [-0.3, -0.25) is 19.5 Å². The van der Waals surface area contributed by atoms with Gasteiger partial charge < -0.3 is 10.4 Å². The Balaban J connectivity index is 1.78. The highest BCUT2D eigenvalue weighted by molar-refractivity contribution is 5.97. The molecule has 0 aliphatic rings. The molecule has 0 saturated heterocycles. The average molecular weight is 434 g/mol. The Morgan fingerprint density at radius 3 is 2.22 bits per heavy atom. The fraction of sp³-hybridized carbons (Fsp3) is 0.280. The van der Waals surface area contributed by atoms with Crippen molar-refractivity contribution in [2.24, 2.45) is 5.41 Å². The van der Waals surface area contributed by atoms with Crippen LogP contribution in [0.5, 0.6) is 0 Å². The van der Waals surface area contributed by atoms with Crippen LogP contribution in [0.15, 0.2) is 60.7 Å². The highest BCUT2D eigenvalue weighted by atomic mass is 16.4. The minimum Gasteiger partial charge on any atom is -0.481 e. The number of hydrogen-bond acceptors (Lipinski definition) is 4. The van der Waals surface area contributed by atoms with Crippen molar-refractivity contribution in [2.45, 2.75) is 39.7 Å². The van der Waals surface area contributed by atoms with Crippen molar-refractivity contribution < 1.29 is 19.5 Å². The van der Waals surface area contributed by atoms with Gasteiger partial charge in [0.15, 0.2) is 5.78 Å². The van der Waals surface area contributed by atoms with E-state index < -0.39 is 23.3 Å². The standard InChI is InChI=1S/C25H27N3O4/c1-16(29)21-14-22(28-27-21)23(30)26-20(15-25(2,3)24(31)32)13-17-9-11-19(12-10-17)18-7-5-4-6-8-18/h4-12,14,20H,13,15H2,1-3H3,(H,26,30)(H,27,28)(H,31,32)/t20-/m1/s1.